The van der Waals surface area contributed by atoms with E-state index >= 15 is 0 Å². The molecule has 0 bridgehead atoms. The number of hydrogen-bond acceptors (Lipinski definition) is 3. The highest BCUT2D eigenvalue weighted by Gasteiger charge is 2.20. The number of aromatic nitrogens is 1. The van der Waals surface area contributed by atoms with E-state index < -0.39 is 0 Å². The van der Waals surface area contributed by atoms with Crippen molar-refractivity contribution in [3.05, 3.63) is 30.0 Å². The lowest BCUT2D eigenvalue weighted by Gasteiger charge is -2.22. The molecule has 1 aliphatic heterocycles. The van der Waals surface area contributed by atoms with E-state index in [9.17, 15) is 0 Å². The molecule has 116 valence electrons. The number of hydrogen-bond donors (Lipinski definition) is 1. The molecule has 0 amide bonds. The third-order valence-electron chi connectivity index (χ3n) is 5.20. The van der Waals surface area contributed by atoms with Crippen molar-refractivity contribution in [1.29, 1.82) is 0 Å². The van der Waals surface area contributed by atoms with Crippen LogP contribution in [0.15, 0.2) is 24.4 Å². The Labute approximate surface area is 132 Å². The standard InChI is InChI=1S/C19H25N3/c1-14-13-20-19(22-11-4-5-12-22)16-9-6-10-17(18(14)16)21-15-7-2-3-8-15/h6,9-10,13,15,21H,2-5,7-8,11-12H2,1H3. The minimum atomic E-state index is 0.647. The van der Waals surface area contributed by atoms with Crippen LogP contribution in [0.25, 0.3) is 10.8 Å². The van der Waals surface area contributed by atoms with Crippen LogP contribution in [0.4, 0.5) is 11.5 Å². The Morgan fingerprint density at radius 2 is 1.86 bits per heavy atom. The molecular formula is C19H25N3. The molecule has 2 aliphatic rings. The summed E-state index contributed by atoms with van der Waals surface area (Å²) in [6.07, 6.45) is 9.97. The molecule has 3 heteroatoms. The van der Waals surface area contributed by atoms with Gasteiger partial charge >= 0.3 is 0 Å². The first-order valence-corrected chi connectivity index (χ1v) is 8.73. The zero-order chi connectivity index (χ0) is 14.9. The Bertz CT molecular complexity index is 668. The van der Waals surface area contributed by atoms with E-state index in [0.717, 1.165) is 13.1 Å². The zero-order valence-electron chi connectivity index (χ0n) is 13.4. The summed E-state index contributed by atoms with van der Waals surface area (Å²) in [6, 6.07) is 7.30. The van der Waals surface area contributed by atoms with Crippen molar-refractivity contribution in [1.82, 2.24) is 4.98 Å². The lowest BCUT2D eigenvalue weighted by Crippen LogP contribution is -2.20. The fourth-order valence-corrected chi connectivity index (χ4v) is 4.05. The molecular weight excluding hydrogens is 270 g/mol. The quantitative estimate of drug-likeness (QED) is 0.903. The van der Waals surface area contributed by atoms with Crippen molar-refractivity contribution in [2.24, 2.45) is 0 Å². The molecule has 1 saturated carbocycles. The first-order chi connectivity index (χ1) is 10.8. The zero-order valence-corrected chi connectivity index (χ0v) is 13.4. The SMILES string of the molecule is Cc1cnc(N2CCCC2)c2cccc(NC3CCCC3)c12. The Balaban J connectivity index is 1.78. The molecule has 1 aromatic carbocycles. The van der Waals surface area contributed by atoms with E-state index in [4.69, 9.17) is 4.98 Å². The Kier molecular flexibility index (Phi) is 3.65. The highest BCUT2D eigenvalue weighted by Crippen LogP contribution is 2.35. The summed E-state index contributed by atoms with van der Waals surface area (Å²) in [4.78, 5) is 7.21. The van der Waals surface area contributed by atoms with Gasteiger partial charge in [-0.15, -0.1) is 0 Å². The lowest BCUT2D eigenvalue weighted by atomic mass is 10.0. The van der Waals surface area contributed by atoms with Crippen molar-refractivity contribution in [2.45, 2.75) is 51.5 Å². The fraction of sp³-hybridized carbons (Fsp3) is 0.526. The van der Waals surface area contributed by atoms with Crippen LogP contribution in [0.1, 0.15) is 44.1 Å². The first-order valence-electron chi connectivity index (χ1n) is 8.73. The van der Waals surface area contributed by atoms with Gasteiger partial charge in [0, 0.05) is 41.8 Å². The highest BCUT2D eigenvalue weighted by atomic mass is 15.2. The van der Waals surface area contributed by atoms with Gasteiger partial charge in [-0.1, -0.05) is 25.0 Å². The largest absolute Gasteiger partial charge is 0.382 e. The van der Waals surface area contributed by atoms with E-state index in [1.165, 1.54) is 66.4 Å². The van der Waals surface area contributed by atoms with Crippen LogP contribution >= 0.6 is 0 Å². The Morgan fingerprint density at radius 1 is 1.09 bits per heavy atom. The number of fused-ring (bicyclic) bond motifs is 1. The second kappa shape index (κ2) is 5.79. The van der Waals surface area contributed by atoms with Crippen LogP contribution in [0.3, 0.4) is 0 Å². The van der Waals surface area contributed by atoms with Crippen LogP contribution in [0, 0.1) is 6.92 Å². The van der Waals surface area contributed by atoms with E-state index in [1.807, 2.05) is 0 Å². The molecule has 0 unspecified atom stereocenters. The Hall–Kier alpha value is -1.77. The van der Waals surface area contributed by atoms with Crippen molar-refractivity contribution in [3.63, 3.8) is 0 Å². The molecule has 4 rings (SSSR count). The molecule has 0 spiro atoms. The van der Waals surface area contributed by atoms with Crippen molar-refractivity contribution < 1.29 is 0 Å². The van der Waals surface area contributed by atoms with Gasteiger partial charge in [0.05, 0.1) is 0 Å². The average molecular weight is 295 g/mol. The summed E-state index contributed by atoms with van der Waals surface area (Å²) in [5.41, 5.74) is 2.57. The fourth-order valence-electron chi connectivity index (χ4n) is 4.05. The van der Waals surface area contributed by atoms with Gasteiger partial charge in [0.15, 0.2) is 0 Å². The van der Waals surface area contributed by atoms with Crippen LogP contribution in [-0.2, 0) is 0 Å². The Morgan fingerprint density at radius 3 is 2.64 bits per heavy atom. The smallest absolute Gasteiger partial charge is 0.136 e. The number of rotatable bonds is 3. The summed E-state index contributed by atoms with van der Waals surface area (Å²) in [5, 5.41) is 6.47. The third kappa shape index (κ3) is 2.43. The van der Waals surface area contributed by atoms with Gasteiger partial charge in [0.1, 0.15) is 5.82 Å². The molecule has 1 N–H and O–H groups in total. The lowest BCUT2D eigenvalue weighted by molar-refractivity contribution is 0.756. The second-order valence-corrected chi connectivity index (χ2v) is 6.81. The molecule has 3 nitrogen and oxygen atoms in total. The van der Waals surface area contributed by atoms with Gasteiger partial charge in [-0.2, -0.15) is 0 Å². The van der Waals surface area contributed by atoms with Crippen molar-refractivity contribution in [2.75, 3.05) is 23.3 Å². The molecule has 1 saturated heterocycles. The minimum absolute atomic E-state index is 0.647. The number of nitrogens with zero attached hydrogens (tertiary/aromatic N) is 2. The molecule has 22 heavy (non-hydrogen) atoms. The van der Waals surface area contributed by atoms with Crippen molar-refractivity contribution in [3.8, 4) is 0 Å². The van der Waals surface area contributed by atoms with E-state index in [2.05, 4.69) is 41.5 Å². The van der Waals surface area contributed by atoms with Gasteiger partial charge in [-0.05, 0) is 44.2 Å². The number of pyridine rings is 1. The van der Waals surface area contributed by atoms with Crippen LogP contribution in [0.5, 0.6) is 0 Å². The second-order valence-electron chi connectivity index (χ2n) is 6.81. The minimum Gasteiger partial charge on any atom is -0.382 e. The van der Waals surface area contributed by atoms with Crippen LogP contribution < -0.4 is 10.2 Å². The summed E-state index contributed by atoms with van der Waals surface area (Å²) >= 11 is 0. The topological polar surface area (TPSA) is 28.2 Å². The first kappa shape index (κ1) is 13.9. The normalized spacial score (nSPS) is 19.2. The third-order valence-corrected chi connectivity index (χ3v) is 5.20. The molecule has 2 heterocycles. The van der Waals surface area contributed by atoms with Crippen molar-refractivity contribution >= 4 is 22.3 Å². The van der Waals surface area contributed by atoms with E-state index in [1.54, 1.807) is 0 Å². The molecule has 2 aromatic rings. The monoisotopic (exact) mass is 295 g/mol. The molecule has 1 aromatic heterocycles. The summed E-state index contributed by atoms with van der Waals surface area (Å²) in [5.74, 6) is 1.17. The maximum absolute atomic E-state index is 4.76. The van der Waals surface area contributed by atoms with Crippen LogP contribution in [-0.4, -0.2) is 24.1 Å². The highest BCUT2D eigenvalue weighted by molar-refractivity contribution is 6.02. The molecule has 0 atom stereocenters. The van der Waals surface area contributed by atoms with Gasteiger partial charge in [-0.3, -0.25) is 0 Å². The number of benzene rings is 1. The number of anilines is 2. The van der Waals surface area contributed by atoms with Gasteiger partial charge < -0.3 is 10.2 Å². The van der Waals surface area contributed by atoms with Gasteiger partial charge in [-0.25, -0.2) is 4.98 Å². The van der Waals surface area contributed by atoms with E-state index in [0.29, 0.717) is 6.04 Å². The summed E-state index contributed by atoms with van der Waals surface area (Å²) in [6.45, 7) is 4.47. The van der Waals surface area contributed by atoms with E-state index in [-0.39, 0.29) is 0 Å². The molecule has 0 radical (unpaired) electrons. The molecule has 2 fully saturated rings. The number of aryl methyl sites for hydroxylation is 1. The summed E-state index contributed by atoms with van der Waals surface area (Å²) in [7, 11) is 0. The summed E-state index contributed by atoms with van der Waals surface area (Å²) < 4.78 is 0. The van der Waals surface area contributed by atoms with Gasteiger partial charge in [0.25, 0.3) is 0 Å². The molecule has 1 aliphatic carbocycles. The average Bonchev–Trinajstić information content (AvgIpc) is 3.21. The van der Waals surface area contributed by atoms with Gasteiger partial charge in [0.2, 0.25) is 0 Å². The predicted octanol–water partition coefficient (Wildman–Crippen LogP) is 4.50. The number of nitrogens with one attached hydrogen (secondary N) is 1. The maximum Gasteiger partial charge on any atom is 0.136 e. The maximum atomic E-state index is 4.76. The predicted molar refractivity (Wildman–Crippen MR) is 93.8 cm³/mol. The van der Waals surface area contributed by atoms with Crippen LogP contribution in [0.2, 0.25) is 0 Å².